The SMILES string of the molecule is Cc1cccc(-c2cc(-c3ccc(C(=O)N4CCC(F)(F)CC4)cc3)cc3cc(CCC(=O)/C=C/c4ccc(N)nc4)oc23)c1. The number of likely N-dealkylation sites (tertiary alicyclic amines) is 1. The Bertz CT molecular complexity index is 1880. The lowest BCUT2D eigenvalue weighted by Gasteiger charge is -2.31. The van der Waals surface area contributed by atoms with Gasteiger partial charge in [0, 0.05) is 61.5 Å². The summed E-state index contributed by atoms with van der Waals surface area (Å²) in [6.45, 7) is 2.14. The van der Waals surface area contributed by atoms with E-state index in [1.54, 1.807) is 42.6 Å². The average Bonchev–Trinajstić information content (AvgIpc) is 3.46. The average molecular weight is 606 g/mol. The number of halogens is 2. The maximum absolute atomic E-state index is 13.6. The fourth-order valence-electron chi connectivity index (χ4n) is 5.58. The molecule has 3 aromatic carbocycles. The van der Waals surface area contributed by atoms with Crippen molar-refractivity contribution in [1.82, 2.24) is 9.88 Å². The number of benzene rings is 3. The second-order valence-corrected chi connectivity index (χ2v) is 11.6. The number of anilines is 1. The number of alkyl halides is 2. The number of carbonyl (C=O) groups is 2. The molecule has 6 nitrogen and oxygen atoms in total. The van der Waals surface area contributed by atoms with Crippen LogP contribution in [0.25, 0.3) is 39.3 Å². The van der Waals surface area contributed by atoms with Crippen LogP contribution in [0.5, 0.6) is 0 Å². The van der Waals surface area contributed by atoms with E-state index >= 15 is 0 Å². The number of carbonyl (C=O) groups excluding carboxylic acids is 2. The molecule has 0 unspecified atom stereocenters. The Balaban J connectivity index is 1.25. The number of hydrogen-bond acceptors (Lipinski definition) is 5. The van der Waals surface area contributed by atoms with Gasteiger partial charge in [-0.2, -0.15) is 0 Å². The number of nitrogen functional groups attached to an aromatic ring is 1. The molecule has 0 bridgehead atoms. The van der Waals surface area contributed by atoms with Crippen molar-refractivity contribution < 1.29 is 22.8 Å². The van der Waals surface area contributed by atoms with Gasteiger partial charge in [-0.15, -0.1) is 0 Å². The maximum atomic E-state index is 13.6. The molecule has 1 aliphatic heterocycles. The molecular formula is C37H33F2N3O3. The van der Waals surface area contributed by atoms with Crippen LogP contribution in [0.4, 0.5) is 14.6 Å². The number of amides is 1. The van der Waals surface area contributed by atoms with Crippen molar-refractivity contribution in [2.75, 3.05) is 18.8 Å². The minimum absolute atomic E-state index is 0.0280. The third-order valence-corrected chi connectivity index (χ3v) is 8.13. The van der Waals surface area contributed by atoms with Gasteiger partial charge in [0.25, 0.3) is 11.8 Å². The highest BCUT2D eigenvalue weighted by Crippen LogP contribution is 2.37. The Labute approximate surface area is 260 Å². The summed E-state index contributed by atoms with van der Waals surface area (Å²) in [6, 6.07) is 25.0. The van der Waals surface area contributed by atoms with E-state index in [1.165, 1.54) is 4.90 Å². The Kier molecular flexibility index (Phi) is 8.30. The zero-order chi connectivity index (χ0) is 31.6. The van der Waals surface area contributed by atoms with Crippen LogP contribution in [0.15, 0.2) is 95.6 Å². The van der Waals surface area contributed by atoms with Crippen molar-refractivity contribution in [2.24, 2.45) is 0 Å². The Morgan fingerprint density at radius 3 is 2.44 bits per heavy atom. The van der Waals surface area contributed by atoms with Crippen LogP contribution in [-0.2, 0) is 11.2 Å². The number of allylic oxidation sites excluding steroid dienone is 1. The van der Waals surface area contributed by atoms with Gasteiger partial charge in [0.05, 0.1) is 0 Å². The lowest BCUT2D eigenvalue weighted by Crippen LogP contribution is -2.42. The minimum Gasteiger partial charge on any atom is -0.460 e. The Morgan fingerprint density at radius 1 is 0.956 bits per heavy atom. The van der Waals surface area contributed by atoms with Crippen LogP contribution in [-0.4, -0.2) is 40.6 Å². The molecule has 8 heteroatoms. The summed E-state index contributed by atoms with van der Waals surface area (Å²) < 4.78 is 33.5. The second-order valence-electron chi connectivity index (χ2n) is 11.6. The number of ketones is 1. The number of rotatable bonds is 8. The first-order chi connectivity index (χ1) is 21.6. The number of aromatic nitrogens is 1. The first-order valence-electron chi connectivity index (χ1n) is 15.0. The summed E-state index contributed by atoms with van der Waals surface area (Å²) >= 11 is 0. The van der Waals surface area contributed by atoms with E-state index in [4.69, 9.17) is 10.2 Å². The van der Waals surface area contributed by atoms with E-state index in [-0.39, 0.29) is 44.0 Å². The number of nitrogens with two attached hydrogens (primary N) is 1. The Morgan fingerprint density at radius 2 is 1.73 bits per heavy atom. The summed E-state index contributed by atoms with van der Waals surface area (Å²) in [5.74, 6) is -1.83. The molecule has 6 rings (SSSR count). The molecule has 1 aliphatic rings. The molecule has 0 atom stereocenters. The van der Waals surface area contributed by atoms with Crippen molar-refractivity contribution in [1.29, 1.82) is 0 Å². The molecule has 3 heterocycles. The molecular weight excluding hydrogens is 572 g/mol. The smallest absolute Gasteiger partial charge is 0.253 e. The van der Waals surface area contributed by atoms with Crippen molar-refractivity contribution >= 4 is 34.6 Å². The van der Waals surface area contributed by atoms with Crippen molar-refractivity contribution in [2.45, 2.75) is 38.5 Å². The van der Waals surface area contributed by atoms with Gasteiger partial charge in [0.1, 0.15) is 17.2 Å². The van der Waals surface area contributed by atoms with Crippen molar-refractivity contribution in [3.63, 3.8) is 0 Å². The molecule has 0 spiro atoms. The predicted octanol–water partition coefficient (Wildman–Crippen LogP) is 8.14. The van der Waals surface area contributed by atoms with Crippen LogP contribution >= 0.6 is 0 Å². The number of furan rings is 1. The molecule has 0 aliphatic carbocycles. The minimum atomic E-state index is -2.70. The van der Waals surface area contributed by atoms with Gasteiger partial charge in [-0.1, -0.05) is 42.0 Å². The monoisotopic (exact) mass is 605 g/mol. The highest BCUT2D eigenvalue weighted by atomic mass is 19.3. The molecule has 45 heavy (non-hydrogen) atoms. The summed E-state index contributed by atoms with van der Waals surface area (Å²) in [5, 5.41) is 0.907. The first kappa shape index (κ1) is 29.9. The van der Waals surface area contributed by atoms with E-state index in [0.29, 0.717) is 23.6 Å². The molecule has 1 amide bonds. The van der Waals surface area contributed by atoms with Crippen LogP contribution < -0.4 is 5.73 Å². The molecule has 2 N–H and O–H groups in total. The second kappa shape index (κ2) is 12.5. The normalized spacial score (nSPS) is 14.7. The van der Waals surface area contributed by atoms with E-state index in [0.717, 1.165) is 44.3 Å². The fourth-order valence-corrected chi connectivity index (χ4v) is 5.58. The maximum Gasteiger partial charge on any atom is 0.253 e. The van der Waals surface area contributed by atoms with Gasteiger partial charge in [0.2, 0.25) is 0 Å². The summed E-state index contributed by atoms with van der Waals surface area (Å²) in [5.41, 5.74) is 12.5. The van der Waals surface area contributed by atoms with Gasteiger partial charge in [-0.05, 0) is 83.8 Å². The number of fused-ring (bicyclic) bond motifs is 1. The molecule has 1 fully saturated rings. The topological polar surface area (TPSA) is 89.4 Å². The van der Waals surface area contributed by atoms with Gasteiger partial charge in [-0.25, -0.2) is 13.8 Å². The standard InChI is InChI=1S/C37H33F2N3O3/c1-24-3-2-4-28(19-24)33-22-29(26-7-9-27(10-8-26)36(44)42-17-15-37(38,39)16-18-42)20-30-21-32(45-35(30)33)13-12-31(43)11-5-25-6-14-34(40)41-23-25/h2-11,14,19-23H,12-13,15-18H2,1H3,(H2,40,41)/b11-5+. The summed E-state index contributed by atoms with van der Waals surface area (Å²) in [6.07, 6.45) is 5.00. The van der Waals surface area contributed by atoms with E-state index in [1.807, 2.05) is 49.4 Å². The number of nitrogens with zero attached hydrogens (tertiary/aromatic N) is 2. The zero-order valence-corrected chi connectivity index (χ0v) is 24.9. The largest absolute Gasteiger partial charge is 0.460 e. The third-order valence-electron chi connectivity index (χ3n) is 8.13. The van der Waals surface area contributed by atoms with Gasteiger partial charge >= 0.3 is 0 Å². The molecule has 228 valence electrons. The molecule has 2 aromatic heterocycles. The quantitative estimate of drug-likeness (QED) is 0.180. The molecule has 1 saturated heterocycles. The molecule has 5 aromatic rings. The van der Waals surface area contributed by atoms with Gasteiger partial charge < -0.3 is 15.1 Å². The lowest BCUT2D eigenvalue weighted by atomic mass is 9.95. The van der Waals surface area contributed by atoms with Crippen LogP contribution in [0.3, 0.4) is 0 Å². The van der Waals surface area contributed by atoms with Gasteiger partial charge in [-0.3, -0.25) is 9.59 Å². The van der Waals surface area contributed by atoms with Gasteiger partial charge in [0.15, 0.2) is 5.78 Å². The van der Waals surface area contributed by atoms with Crippen LogP contribution in [0.1, 0.15) is 46.5 Å². The molecule has 0 radical (unpaired) electrons. The fraction of sp³-hybridized carbons (Fsp3) is 0.216. The number of piperidine rings is 1. The van der Waals surface area contributed by atoms with Crippen molar-refractivity contribution in [3.05, 3.63) is 114 Å². The van der Waals surface area contributed by atoms with Crippen LogP contribution in [0.2, 0.25) is 0 Å². The lowest BCUT2D eigenvalue weighted by molar-refractivity contribution is -0.114. The predicted molar refractivity (Wildman–Crippen MR) is 173 cm³/mol. The van der Waals surface area contributed by atoms with Crippen LogP contribution in [0, 0.1) is 6.92 Å². The number of aryl methyl sites for hydroxylation is 2. The molecule has 0 saturated carbocycles. The summed E-state index contributed by atoms with van der Waals surface area (Å²) in [4.78, 5) is 31.1. The highest BCUT2D eigenvalue weighted by molar-refractivity contribution is 5.98. The Hall–Kier alpha value is -5.11. The van der Waals surface area contributed by atoms with E-state index < -0.39 is 5.92 Å². The highest BCUT2D eigenvalue weighted by Gasteiger charge is 2.35. The van der Waals surface area contributed by atoms with E-state index in [2.05, 4.69) is 17.1 Å². The first-order valence-corrected chi connectivity index (χ1v) is 15.0. The summed E-state index contributed by atoms with van der Waals surface area (Å²) in [7, 11) is 0. The number of hydrogen-bond donors (Lipinski definition) is 1. The zero-order valence-electron chi connectivity index (χ0n) is 24.9. The third kappa shape index (κ3) is 7.01. The van der Waals surface area contributed by atoms with Crippen molar-refractivity contribution in [3.8, 4) is 22.3 Å². The number of pyridine rings is 1. The van der Waals surface area contributed by atoms with E-state index in [9.17, 15) is 18.4 Å².